The third kappa shape index (κ3) is 4.06. The van der Waals surface area contributed by atoms with E-state index in [1.807, 2.05) is 12.1 Å². The second-order valence-corrected chi connectivity index (χ2v) is 16.5. The van der Waals surface area contributed by atoms with Gasteiger partial charge in [0.1, 0.15) is 0 Å². The zero-order chi connectivity index (χ0) is 21.6. The van der Waals surface area contributed by atoms with Crippen molar-refractivity contribution in [1.29, 1.82) is 0 Å². The number of halogens is 1. The minimum absolute atomic E-state index is 0.0116. The molecular weight excluding hydrogens is 467 g/mol. The van der Waals surface area contributed by atoms with Crippen LogP contribution in [0.2, 0.25) is 0 Å². The van der Waals surface area contributed by atoms with E-state index in [1.165, 1.54) is 15.9 Å². The molecule has 0 unspecified atom stereocenters. The van der Waals surface area contributed by atoms with Gasteiger partial charge in [0.15, 0.2) is 0 Å². The van der Waals surface area contributed by atoms with Gasteiger partial charge < -0.3 is 0 Å². The van der Waals surface area contributed by atoms with Gasteiger partial charge in [0.2, 0.25) is 0 Å². The molecule has 0 amide bonds. The molecule has 0 aromatic heterocycles. The Kier molecular flexibility index (Phi) is 6.57. The van der Waals surface area contributed by atoms with Crippen LogP contribution in [-0.2, 0) is 6.16 Å². The van der Waals surface area contributed by atoms with Gasteiger partial charge in [0.05, 0.1) is 0 Å². The summed E-state index contributed by atoms with van der Waals surface area (Å²) in [7, 11) is 0. The van der Waals surface area contributed by atoms with Gasteiger partial charge in [0, 0.05) is 0 Å². The predicted octanol–water partition coefficient (Wildman–Crippen LogP) is 5.40. The third-order valence-electron chi connectivity index (χ3n) is 5.67. The van der Waals surface area contributed by atoms with Crippen molar-refractivity contribution in [2.45, 2.75) is 6.16 Å². The molecule has 0 radical (unpaired) electrons. The summed E-state index contributed by atoms with van der Waals surface area (Å²) in [6.45, 7) is 0.263. The molecule has 0 heterocycles. The van der Waals surface area contributed by atoms with Gasteiger partial charge in [-0.2, -0.15) is 0 Å². The van der Waals surface area contributed by atoms with E-state index in [9.17, 15) is 5.11 Å². The van der Waals surface area contributed by atoms with Crippen LogP contribution in [-0.4, -0.2) is 18.3 Å². The van der Waals surface area contributed by atoms with E-state index in [0.717, 1.165) is 17.5 Å². The van der Waals surface area contributed by atoms with Crippen LogP contribution in [0.15, 0.2) is 115 Å². The van der Waals surface area contributed by atoms with Crippen LogP contribution >= 0.6 is 20.8 Å². The van der Waals surface area contributed by atoms with Crippen molar-refractivity contribution in [2.24, 2.45) is 0 Å². The first-order valence-electron chi connectivity index (χ1n) is 10.4. The number of hydrogen-bond acceptors (Lipinski definition) is 2. The van der Waals surface area contributed by atoms with Gasteiger partial charge in [-0.05, 0) is 0 Å². The van der Waals surface area contributed by atoms with Crippen LogP contribution in [0.3, 0.4) is 0 Å². The summed E-state index contributed by atoms with van der Waals surface area (Å²) < 4.78 is 5.93. The summed E-state index contributed by atoms with van der Waals surface area (Å²) in [5, 5.41) is 10.0. The molecule has 0 bridgehead atoms. The summed E-state index contributed by atoms with van der Waals surface area (Å²) in [5.41, 5.74) is 1.11. The average molecular weight is 493 g/mol. The fourth-order valence-electron chi connectivity index (χ4n) is 4.19. The Morgan fingerprint density at radius 1 is 0.613 bits per heavy atom. The van der Waals surface area contributed by atoms with Crippen LogP contribution in [0.5, 0.6) is 5.75 Å². The SMILES string of the molecule is OCCOc1ccccc1CP(Br)(c1ccccc1)(c1ccccc1)c1ccccc1. The fourth-order valence-corrected chi connectivity index (χ4v) is 11.9. The Labute approximate surface area is 192 Å². The monoisotopic (exact) mass is 492 g/mol. The molecule has 4 rings (SSSR count). The Balaban J connectivity index is 2.03. The van der Waals surface area contributed by atoms with Crippen molar-refractivity contribution in [3.05, 3.63) is 121 Å². The van der Waals surface area contributed by atoms with Crippen molar-refractivity contribution >= 4 is 36.7 Å². The van der Waals surface area contributed by atoms with E-state index in [1.54, 1.807) is 0 Å². The molecule has 4 heteroatoms. The van der Waals surface area contributed by atoms with Crippen LogP contribution < -0.4 is 20.7 Å². The summed E-state index contributed by atoms with van der Waals surface area (Å²) >= 11 is 4.48. The van der Waals surface area contributed by atoms with Crippen molar-refractivity contribution in [1.82, 2.24) is 0 Å². The normalized spacial score (nSPS) is 12.6. The Bertz CT molecular complexity index is 1020. The summed E-state index contributed by atoms with van der Waals surface area (Å²) in [6.07, 6.45) is 0.755. The zero-order valence-electron chi connectivity index (χ0n) is 17.3. The van der Waals surface area contributed by atoms with E-state index in [4.69, 9.17) is 4.74 Å². The van der Waals surface area contributed by atoms with E-state index in [2.05, 4.69) is 119 Å². The topological polar surface area (TPSA) is 29.5 Å². The molecular formula is C27H26BrO2P. The molecule has 0 aliphatic carbocycles. The number of ether oxygens (including phenoxy) is 1. The molecule has 1 N–H and O–H groups in total. The molecule has 0 fully saturated rings. The fraction of sp³-hybridized carbons (Fsp3) is 0.111. The van der Waals surface area contributed by atoms with Crippen molar-refractivity contribution in [3.8, 4) is 5.75 Å². The first kappa shape index (κ1) is 21.8. The first-order valence-corrected chi connectivity index (χ1v) is 14.8. The Morgan fingerprint density at radius 3 is 1.48 bits per heavy atom. The molecule has 0 atom stereocenters. The van der Waals surface area contributed by atoms with Gasteiger partial charge in [-0.15, -0.1) is 0 Å². The molecule has 0 aliphatic heterocycles. The maximum atomic E-state index is 9.31. The maximum absolute atomic E-state index is 9.31. The van der Waals surface area contributed by atoms with E-state index < -0.39 is 5.31 Å². The van der Waals surface area contributed by atoms with Crippen molar-refractivity contribution in [3.63, 3.8) is 0 Å². The van der Waals surface area contributed by atoms with Crippen LogP contribution in [0.1, 0.15) is 5.56 Å². The van der Waals surface area contributed by atoms with Crippen LogP contribution in [0.25, 0.3) is 0 Å². The van der Waals surface area contributed by atoms with Gasteiger partial charge in [-0.25, -0.2) is 0 Å². The van der Waals surface area contributed by atoms with Crippen LogP contribution in [0.4, 0.5) is 0 Å². The molecule has 158 valence electrons. The molecule has 0 spiro atoms. The average Bonchev–Trinajstić information content (AvgIpc) is 2.85. The molecule has 4 aromatic carbocycles. The molecule has 0 saturated carbocycles. The number of rotatable bonds is 8. The molecule has 0 saturated heterocycles. The van der Waals surface area contributed by atoms with E-state index >= 15 is 0 Å². The Morgan fingerprint density at radius 2 is 1.03 bits per heavy atom. The number of aliphatic hydroxyl groups excluding tert-OH is 1. The van der Waals surface area contributed by atoms with Gasteiger partial charge in [0.25, 0.3) is 0 Å². The predicted molar refractivity (Wildman–Crippen MR) is 137 cm³/mol. The summed E-state index contributed by atoms with van der Waals surface area (Å²) in [6, 6.07) is 40.3. The molecule has 4 aromatic rings. The summed E-state index contributed by atoms with van der Waals surface area (Å²) in [5.74, 6) is 0.813. The number of aliphatic hydroxyl groups is 1. The molecule has 31 heavy (non-hydrogen) atoms. The quantitative estimate of drug-likeness (QED) is 0.334. The second-order valence-electron chi connectivity index (χ2n) is 7.53. The second kappa shape index (κ2) is 9.36. The van der Waals surface area contributed by atoms with Crippen molar-refractivity contribution < 1.29 is 9.84 Å². The van der Waals surface area contributed by atoms with Crippen molar-refractivity contribution in [2.75, 3.05) is 13.2 Å². The zero-order valence-corrected chi connectivity index (χ0v) is 19.8. The number of para-hydroxylation sites is 1. The van der Waals surface area contributed by atoms with E-state index in [0.29, 0.717) is 0 Å². The Hall–Kier alpha value is -2.45. The third-order valence-corrected chi connectivity index (χ3v) is 15.2. The minimum atomic E-state index is -3.08. The van der Waals surface area contributed by atoms with Gasteiger partial charge in [-0.3, -0.25) is 0 Å². The molecule has 2 nitrogen and oxygen atoms in total. The molecule has 0 aliphatic rings. The summed E-state index contributed by atoms with van der Waals surface area (Å²) in [4.78, 5) is 0. The van der Waals surface area contributed by atoms with Gasteiger partial charge >= 0.3 is 193 Å². The van der Waals surface area contributed by atoms with Crippen LogP contribution in [0, 0.1) is 0 Å². The van der Waals surface area contributed by atoms with E-state index in [-0.39, 0.29) is 13.2 Å². The first-order chi connectivity index (χ1) is 15.2. The van der Waals surface area contributed by atoms with Gasteiger partial charge in [-0.1, -0.05) is 0 Å². The number of benzene rings is 4. The number of hydrogen-bond donors (Lipinski definition) is 1. The standard InChI is InChI=1S/C27H26BrO2P/c28-31(24-13-4-1-5-14-24,25-15-6-2-7-16-25,26-17-8-3-9-18-26)22-23-12-10-11-19-27(23)30-21-20-29/h1-19,29H,20-22H2.